The Morgan fingerprint density at radius 2 is 1.90 bits per heavy atom. The molecule has 1 heterocycles. The number of methoxy groups -OCH3 is 1. The van der Waals surface area contributed by atoms with Crippen LogP contribution >= 0.6 is 0 Å². The summed E-state index contributed by atoms with van der Waals surface area (Å²) in [6.07, 6.45) is 1.20. The van der Waals surface area contributed by atoms with Crippen LogP contribution in [0.3, 0.4) is 0 Å². The van der Waals surface area contributed by atoms with Gasteiger partial charge in [0.05, 0.1) is 19.8 Å². The molecule has 0 aromatic carbocycles. The summed E-state index contributed by atoms with van der Waals surface area (Å²) in [4.78, 5) is 25.4. The van der Waals surface area contributed by atoms with E-state index in [1.165, 1.54) is 12.0 Å². The zero-order chi connectivity index (χ0) is 16.4. The monoisotopic (exact) mass is 299 g/mol. The molecule has 0 aromatic rings. The lowest BCUT2D eigenvalue weighted by atomic mass is 10.1. The Morgan fingerprint density at radius 1 is 1.33 bits per heavy atom. The second kappa shape index (κ2) is 6.05. The van der Waals surface area contributed by atoms with E-state index >= 15 is 0 Å². The van der Waals surface area contributed by atoms with Crippen LogP contribution in [0.25, 0.3) is 0 Å². The first-order chi connectivity index (χ1) is 9.48. The standard InChI is InChI=1S/C15H25NO5/c1-10(12(17)19-7)8-11-9-20-15(5,6)16(11)13(18)21-14(2,3)4/h8,11H,9H2,1-7H3. The lowest BCUT2D eigenvalue weighted by Gasteiger charge is -2.34. The highest BCUT2D eigenvalue weighted by Crippen LogP contribution is 2.30. The molecule has 1 aliphatic heterocycles. The Morgan fingerprint density at radius 3 is 2.38 bits per heavy atom. The lowest BCUT2D eigenvalue weighted by molar-refractivity contribution is -0.136. The number of carbonyl (C=O) groups excluding carboxylic acids is 2. The van der Waals surface area contributed by atoms with Gasteiger partial charge in [0.1, 0.15) is 11.3 Å². The minimum absolute atomic E-state index is 0.306. The van der Waals surface area contributed by atoms with Gasteiger partial charge in [0.25, 0.3) is 0 Å². The van der Waals surface area contributed by atoms with Crippen molar-refractivity contribution in [1.82, 2.24) is 4.90 Å². The van der Waals surface area contributed by atoms with E-state index in [9.17, 15) is 9.59 Å². The predicted molar refractivity (Wildman–Crippen MR) is 77.7 cm³/mol. The molecule has 0 saturated carbocycles. The van der Waals surface area contributed by atoms with E-state index in [2.05, 4.69) is 4.74 Å². The van der Waals surface area contributed by atoms with Gasteiger partial charge in [0.2, 0.25) is 0 Å². The molecule has 0 aromatic heterocycles. The van der Waals surface area contributed by atoms with Gasteiger partial charge >= 0.3 is 12.1 Å². The van der Waals surface area contributed by atoms with Gasteiger partial charge in [0, 0.05) is 5.57 Å². The first-order valence-corrected chi connectivity index (χ1v) is 6.91. The van der Waals surface area contributed by atoms with Gasteiger partial charge in [-0.1, -0.05) is 0 Å². The van der Waals surface area contributed by atoms with Crippen molar-refractivity contribution in [3.63, 3.8) is 0 Å². The summed E-state index contributed by atoms with van der Waals surface area (Å²) in [5, 5.41) is 0. The zero-order valence-corrected chi connectivity index (χ0v) is 13.9. The maximum absolute atomic E-state index is 12.4. The molecule has 0 spiro atoms. The third-order valence-electron chi connectivity index (χ3n) is 3.06. The largest absolute Gasteiger partial charge is 0.466 e. The lowest BCUT2D eigenvalue weighted by Crippen LogP contribution is -2.49. The van der Waals surface area contributed by atoms with Crippen LogP contribution in [0.5, 0.6) is 0 Å². The SMILES string of the molecule is COC(=O)C(C)=CC1COC(C)(C)N1C(=O)OC(C)(C)C. The fourth-order valence-electron chi connectivity index (χ4n) is 2.14. The minimum atomic E-state index is -0.792. The van der Waals surface area contributed by atoms with E-state index in [-0.39, 0.29) is 6.04 Å². The van der Waals surface area contributed by atoms with Crippen molar-refractivity contribution >= 4 is 12.1 Å². The molecule has 1 aliphatic rings. The molecule has 1 fully saturated rings. The smallest absolute Gasteiger partial charge is 0.413 e. The van der Waals surface area contributed by atoms with Crippen LogP contribution in [-0.4, -0.2) is 48.0 Å². The number of carbonyl (C=O) groups is 2. The second-order valence-corrected chi connectivity index (χ2v) is 6.52. The molecule has 1 atom stereocenters. The van der Waals surface area contributed by atoms with Gasteiger partial charge in [-0.25, -0.2) is 9.59 Å². The van der Waals surface area contributed by atoms with E-state index in [4.69, 9.17) is 9.47 Å². The summed E-state index contributed by atoms with van der Waals surface area (Å²) in [5.41, 5.74) is -0.959. The number of nitrogens with zero attached hydrogens (tertiary/aromatic N) is 1. The minimum Gasteiger partial charge on any atom is -0.466 e. The van der Waals surface area contributed by atoms with E-state index in [0.717, 1.165) is 0 Å². The average Bonchev–Trinajstić information content (AvgIpc) is 2.61. The molecule has 0 aliphatic carbocycles. The van der Waals surface area contributed by atoms with Crippen LogP contribution in [0, 0.1) is 0 Å². The summed E-state index contributed by atoms with van der Waals surface area (Å²) >= 11 is 0. The summed E-state index contributed by atoms with van der Waals surface area (Å²) in [6.45, 7) is 10.9. The van der Waals surface area contributed by atoms with E-state index < -0.39 is 23.4 Å². The van der Waals surface area contributed by atoms with Crippen molar-refractivity contribution in [3.8, 4) is 0 Å². The molecule has 1 unspecified atom stereocenters. The molecule has 120 valence electrons. The number of rotatable bonds is 2. The number of amides is 1. The number of hydrogen-bond donors (Lipinski definition) is 0. The Hall–Kier alpha value is -1.56. The third kappa shape index (κ3) is 4.46. The number of esters is 1. The molecule has 0 radical (unpaired) electrons. The predicted octanol–water partition coefficient (Wildman–Crippen LogP) is 2.48. The van der Waals surface area contributed by atoms with Gasteiger partial charge in [-0.2, -0.15) is 0 Å². The van der Waals surface area contributed by atoms with Gasteiger partial charge in [-0.15, -0.1) is 0 Å². The molecule has 6 nitrogen and oxygen atoms in total. The Labute approximate surface area is 126 Å². The van der Waals surface area contributed by atoms with Crippen LogP contribution in [0.1, 0.15) is 41.5 Å². The fraction of sp³-hybridized carbons (Fsp3) is 0.733. The van der Waals surface area contributed by atoms with Gasteiger partial charge in [-0.3, -0.25) is 4.90 Å². The average molecular weight is 299 g/mol. The normalized spacial score (nSPS) is 22.1. The van der Waals surface area contributed by atoms with Crippen LogP contribution in [-0.2, 0) is 19.0 Å². The Balaban J connectivity index is 3.00. The quantitative estimate of drug-likeness (QED) is 0.579. The topological polar surface area (TPSA) is 65.1 Å². The van der Waals surface area contributed by atoms with E-state index in [1.807, 2.05) is 0 Å². The van der Waals surface area contributed by atoms with Crippen LogP contribution in [0.15, 0.2) is 11.6 Å². The number of hydrogen-bond acceptors (Lipinski definition) is 5. The molecular formula is C15H25NO5. The van der Waals surface area contributed by atoms with Crippen LogP contribution in [0.4, 0.5) is 4.79 Å². The zero-order valence-electron chi connectivity index (χ0n) is 13.9. The van der Waals surface area contributed by atoms with Crippen LogP contribution in [0.2, 0.25) is 0 Å². The third-order valence-corrected chi connectivity index (χ3v) is 3.06. The van der Waals surface area contributed by atoms with Gasteiger partial charge in [-0.05, 0) is 47.6 Å². The molecule has 1 rings (SSSR count). The van der Waals surface area contributed by atoms with E-state index in [1.54, 1.807) is 47.6 Å². The van der Waals surface area contributed by atoms with E-state index in [0.29, 0.717) is 12.2 Å². The molecule has 0 N–H and O–H groups in total. The molecule has 1 amide bonds. The summed E-state index contributed by atoms with van der Waals surface area (Å²) in [7, 11) is 1.32. The maximum atomic E-state index is 12.4. The summed E-state index contributed by atoms with van der Waals surface area (Å²) < 4.78 is 15.7. The van der Waals surface area contributed by atoms with Crippen LogP contribution < -0.4 is 0 Å². The van der Waals surface area contributed by atoms with Gasteiger partial charge < -0.3 is 14.2 Å². The highest BCUT2D eigenvalue weighted by molar-refractivity contribution is 5.87. The molecular weight excluding hydrogens is 274 g/mol. The number of ether oxygens (including phenoxy) is 3. The summed E-state index contributed by atoms with van der Waals surface area (Å²) in [6, 6.07) is -0.367. The Kier molecular flexibility index (Phi) is 5.04. The molecule has 21 heavy (non-hydrogen) atoms. The first kappa shape index (κ1) is 17.5. The fourth-order valence-corrected chi connectivity index (χ4v) is 2.14. The maximum Gasteiger partial charge on any atom is 0.413 e. The van der Waals surface area contributed by atoms with Crippen molar-refractivity contribution in [2.75, 3.05) is 13.7 Å². The highest BCUT2D eigenvalue weighted by atomic mass is 16.6. The van der Waals surface area contributed by atoms with Crippen molar-refractivity contribution in [1.29, 1.82) is 0 Å². The van der Waals surface area contributed by atoms with Crippen molar-refractivity contribution < 1.29 is 23.8 Å². The van der Waals surface area contributed by atoms with Gasteiger partial charge in [0.15, 0.2) is 0 Å². The Bertz CT molecular complexity index is 447. The van der Waals surface area contributed by atoms with Crippen molar-refractivity contribution in [3.05, 3.63) is 11.6 Å². The highest BCUT2D eigenvalue weighted by Gasteiger charge is 2.45. The molecule has 6 heteroatoms. The first-order valence-electron chi connectivity index (χ1n) is 6.91. The molecule has 1 saturated heterocycles. The van der Waals surface area contributed by atoms with Crippen molar-refractivity contribution in [2.45, 2.75) is 58.9 Å². The molecule has 0 bridgehead atoms. The second-order valence-electron chi connectivity index (χ2n) is 6.52. The summed E-state index contributed by atoms with van der Waals surface area (Å²) in [5.74, 6) is -0.427. The van der Waals surface area contributed by atoms with Crippen molar-refractivity contribution in [2.24, 2.45) is 0 Å².